The lowest BCUT2D eigenvalue weighted by Crippen LogP contribution is -2.49. The maximum Gasteiger partial charge on any atom is 0.226 e. The minimum atomic E-state index is -3.00. The monoisotopic (exact) mass is 343 g/mol. The number of carbonyl (C=O) groups is 2. The molecule has 130 valence electrons. The molecule has 3 fully saturated rings. The first-order valence-electron chi connectivity index (χ1n) is 8.41. The van der Waals surface area contributed by atoms with Crippen molar-refractivity contribution < 1.29 is 18.0 Å². The molecule has 1 N–H and O–H groups in total. The Hall–Kier alpha value is -1.15. The standard InChI is InChI=1S/C15H25N3O4S/c1-2-17-4-6-18(7-5-17)15(20)13-9-12(13)14(19)16-11-3-8-23(21,22)10-11/h11-13H,2-10H2,1H3,(H,16,19). The summed E-state index contributed by atoms with van der Waals surface area (Å²) in [5.41, 5.74) is 0. The lowest BCUT2D eigenvalue weighted by Gasteiger charge is -2.34. The van der Waals surface area contributed by atoms with Crippen LogP contribution >= 0.6 is 0 Å². The summed E-state index contributed by atoms with van der Waals surface area (Å²) in [5, 5.41) is 2.80. The number of likely N-dealkylation sites (N-methyl/N-ethyl adjacent to an activating group) is 1. The first-order valence-corrected chi connectivity index (χ1v) is 10.2. The van der Waals surface area contributed by atoms with Gasteiger partial charge in [0, 0.05) is 32.2 Å². The molecule has 3 aliphatic rings. The van der Waals surface area contributed by atoms with E-state index in [4.69, 9.17) is 0 Å². The van der Waals surface area contributed by atoms with E-state index in [2.05, 4.69) is 17.1 Å². The second-order valence-electron chi connectivity index (χ2n) is 6.82. The molecule has 0 aromatic rings. The number of piperazine rings is 1. The van der Waals surface area contributed by atoms with Crippen molar-refractivity contribution in [3.8, 4) is 0 Å². The number of amides is 2. The lowest BCUT2D eigenvalue weighted by atomic mass is 10.2. The number of sulfone groups is 1. The Labute approximate surface area is 137 Å². The molecule has 3 rings (SSSR count). The summed E-state index contributed by atoms with van der Waals surface area (Å²) in [7, 11) is -3.00. The molecular weight excluding hydrogens is 318 g/mol. The SMILES string of the molecule is CCN1CCN(C(=O)C2CC2C(=O)NC2CCS(=O)(=O)C2)CC1. The zero-order valence-corrected chi connectivity index (χ0v) is 14.3. The van der Waals surface area contributed by atoms with E-state index in [-0.39, 0.29) is 41.2 Å². The fourth-order valence-corrected chi connectivity index (χ4v) is 5.17. The third-order valence-corrected chi connectivity index (χ3v) is 6.92. The van der Waals surface area contributed by atoms with Crippen LogP contribution in [0.3, 0.4) is 0 Å². The van der Waals surface area contributed by atoms with Crippen LogP contribution in [0.5, 0.6) is 0 Å². The number of nitrogens with zero attached hydrogens (tertiary/aromatic N) is 2. The van der Waals surface area contributed by atoms with E-state index in [0.717, 1.165) is 32.7 Å². The first kappa shape index (κ1) is 16.7. The van der Waals surface area contributed by atoms with Gasteiger partial charge in [0.25, 0.3) is 0 Å². The highest BCUT2D eigenvalue weighted by atomic mass is 32.2. The average Bonchev–Trinajstić information content (AvgIpc) is 3.26. The largest absolute Gasteiger partial charge is 0.352 e. The molecule has 3 unspecified atom stereocenters. The summed E-state index contributed by atoms with van der Waals surface area (Å²) in [4.78, 5) is 28.8. The zero-order valence-electron chi connectivity index (χ0n) is 13.5. The van der Waals surface area contributed by atoms with Gasteiger partial charge in [0.2, 0.25) is 11.8 Å². The molecule has 0 spiro atoms. The van der Waals surface area contributed by atoms with Crippen LogP contribution in [-0.4, -0.2) is 80.3 Å². The van der Waals surface area contributed by atoms with Crippen molar-refractivity contribution in [1.29, 1.82) is 0 Å². The highest BCUT2D eigenvalue weighted by Crippen LogP contribution is 2.40. The minimum absolute atomic E-state index is 0.0308. The molecule has 3 atom stereocenters. The molecule has 1 saturated carbocycles. The van der Waals surface area contributed by atoms with Gasteiger partial charge in [0.1, 0.15) is 0 Å². The number of hydrogen-bond acceptors (Lipinski definition) is 5. The van der Waals surface area contributed by atoms with E-state index in [1.807, 2.05) is 4.90 Å². The minimum Gasteiger partial charge on any atom is -0.352 e. The van der Waals surface area contributed by atoms with Gasteiger partial charge >= 0.3 is 0 Å². The summed E-state index contributed by atoms with van der Waals surface area (Å²) < 4.78 is 22.8. The van der Waals surface area contributed by atoms with Gasteiger partial charge in [-0.1, -0.05) is 6.92 Å². The molecule has 0 aromatic carbocycles. The quantitative estimate of drug-likeness (QED) is 0.714. The van der Waals surface area contributed by atoms with Crippen LogP contribution in [0.4, 0.5) is 0 Å². The summed E-state index contributed by atoms with van der Waals surface area (Å²) in [6.07, 6.45) is 1.08. The Balaban J connectivity index is 1.45. The third kappa shape index (κ3) is 3.85. The van der Waals surface area contributed by atoms with Gasteiger partial charge in [-0.2, -0.15) is 0 Å². The second kappa shape index (κ2) is 6.39. The van der Waals surface area contributed by atoms with Crippen molar-refractivity contribution in [1.82, 2.24) is 15.1 Å². The molecule has 1 aliphatic carbocycles. The van der Waals surface area contributed by atoms with E-state index in [1.165, 1.54) is 0 Å². The van der Waals surface area contributed by atoms with Crippen molar-refractivity contribution in [3.63, 3.8) is 0 Å². The molecular formula is C15H25N3O4S. The van der Waals surface area contributed by atoms with Crippen LogP contribution in [0.15, 0.2) is 0 Å². The Bertz CT molecular complexity index is 584. The highest BCUT2D eigenvalue weighted by Gasteiger charge is 2.50. The fraction of sp³-hybridized carbons (Fsp3) is 0.867. The fourth-order valence-electron chi connectivity index (χ4n) is 3.49. The topological polar surface area (TPSA) is 86.8 Å². The molecule has 2 saturated heterocycles. The smallest absolute Gasteiger partial charge is 0.226 e. The first-order chi connectivity index (χ1) is 10.9. The van der Waals surface area contributed by atoms with E-state index in [1.54, 1.807) is 0 Å². The van der Waals surface area contributed by atoms with E-state index in [9.17, 15) is 18.0 Å². The summed E-state index contributed by atoms with van der Waals surface area (Å²) in [5.74, 6) is -0.371. The van der Waals surface area contributed by atoms with Gasteiger partial charge in [-0.25, -0.2) is 8.42 Å². The number of carbonyl (C=O) groups excluding carboxylic acids is 2. The van der Waals surface area contributed by atoms with Crippen molar-refractivity contribution in [3.05, 3.63) is 0 Å². The zero-order chi connectivity index (χ0) is 16.6. The number of hydrogen-bond donors (Lipinski definition) is 1. The predicted octanol–water partition coefficient (Wildman–Crippen LogP) is -0.910. The van der Waals surface area contributed by atoms with E-state index < -0.39 is 9.84 Å². The Morgan fingerprint density at radius 1 is 1.13 bits per heavy atom. The van der Waals surface area contributed by atoms with Crippen LogP contribution in [0.25, 0.3) is 0 Å². The molecule has 0 bridgehead atoms. The number of rotatable bonds is 4. The average molecular weight is 343 g/mol. The van der Waals surface area contributed by atoms with Crippen molar-refractivity contribution in [2.45, 2.75) is 25.8 Å². The molecule has 8 heteroatoms. The predicted molar refractivity (Wildman–Crippen MR) is 85.5 cm³/mol. The van der Waals surface area contributed by atoms with Crippen LogP contribution in [0, 0.1) is 11.8 Å². The summed E-state index contributed by atoms with van der Waals surface area (Å²) >= 11 is 0. The molecule has 2 heterocycles. The van der Waals surface area contributed by atoms with Crippen molar-refractivity contribution in [2.24, 2.45) is 11.8 Å². The van der Waals surface area contributed by atoms with E-state index >= 15 is 0 Å². The van der Waals surface area contributed by atoms with Gasteiger partial charge in [0.05, 0.1) is 23.3 Å². The normalized spacial score (nSPS) is 33.4. The van der Waals surface area contributed by atoms with Gasteiger partial charge in [-0.15, -0.1) is 0 Å². The Morgan fingerprint density at radius 3 is 2.39 bits per heavy atom. The number of nitrogens with one attached hydrogen (secondary N) is 1. The highest BCUT2D eigenvalue weighted by molar-refractivity contribution is 7.91. The van der Waals surface area contributed by atoms with Crippen LogP contribution < -0.4 is 5.32 Å². The third-order valence-electron chi connectivity index (χ3n) is 5.15. The molecule has 23 heavy (non-hydrogen) atoms. The van der Waals surface area contributed by atoms with Gasteiger partial charge in [0.15, 0.2) is 9.84 Å². The van der Waals surface area contributed by atoms with Gasteiger partial charge < -0.3 is 15.1 Å². The van der Waals surface area contributed by atoms with Crippen molar-refractivity contribution >= 4 is 21.7 Å². The van der Waals surface area contributed by atoms with Crippen LogP contribution in [0.1, 0.15) is 19.8 Å². The molecule has 7 nitrogen and oxygen atoms in total. The molecule has 2 aliphatic heterocycles. The van der Waals surface area contributed by atoms with Gasteiger partial charge in [-0.05, 0) is 19.4 Å². The van der Waals surface area contributed by atoms with E-state index in [0.29, 0.717) is 12.8 Å². The maximum absolute atomic E-state index is 12.4. The molecule has 0 aromatic heterocycles. The van der Waals surface area contributed by atoms with Crippen molar-refractivity contribution in [2.75, 3.05) is 44.2 Å². The molecule has 2 amide bonds. The second-order valence-corrected chi connectivity index (χ2v) is 9.05. The van der Waals surface area contributed by atoms with Crippen LogP contribution in [0.2, 0.25) is 0 Å². The maximum atomic E-state index is 12.4. The van der Waals surface area contributed by atoms with Gasteiger partial charge in [-0.3, -0.25) is 9.59 Å². The van der Waals surface area contributed by atoms with Crippen LogP contribution in [-0.2, 0) is 19.4 Å². The molecule has 0 radical (unpaired) electrons. The summed E-state index contributed by atoms with van der Waals surface area (Å²) in [6, 6.07) is -0.281. The summed E-state index contributed by atoms with van der Waals surface area (Å²) in [6.45, 7) is 6.37. The lowest BCUT2D eigenvalue weighted by molar-refractivity contribution is -0.136. The Morgan fingerprint density at radius 2 is 1.83 bits per heavy atom. The Kier molecular flexibility index (Phi) is 4.64.